The number of hydrogen-bond donors (Lipinski definition) is 0. The predicted octanol–water partition coefficient (Wildman–Crippen LogP) is 7.14. The lowest BCUT2D eigenvalue weighted by Gasteiger charge is -2.07. The van der Waals surface area contributed by atoms with Gasteiger partial charge in [0, 0.05) is 23.1 Å². The first-order valence-corrected chi connectivity index (χ1v) is 12.3. The highest BCUT2D eigenvalue weighted by atomic mass is 16.5. The number of esters is 1. The maximum Gasteiger partial charge on any atom is 0.343 e. The summed E-state index contributed by atoms with van der Waals surface area (Å²) in [7, 11) is 1.57. The third-order valence-electron chi connectivity index (χ3n) is 5.84. The summed E-state index contributed by atoms with van der Waals surface area (Å²) in [5.41, 5.74) is 2.45. The second kappa shape index (κ2) is 13.1. The lowest BCUT2D eigenvalue weighted by Crippen LogP contribution is -2.08. The van der Waals surface area contributed by atoms with Crippen molar-refractivity contribution in [1.82, 2.24) is 0 Å². The van der Waals surface area contributed by atoms with Crippen molar-refractivity contribution in [3.63, 3.8) is 0 Å². The molecule has 0 bridgehead atoms. The van der Waals surface area contributed by atoms with Gasteiger partial charge in [0.2, 0.25) is 0 Å². The molecule has 0 amide bonds. The Kier molecular flexibility index (Phi) is 9.66. The van der Waals surface area contributed by atoms with Crippen LogP contribution in [0.5, 0.6) is 11.5 Å². The molecule has 0 heterocycles. The lowest BCUT2D eigenvalue weighted by molar-refractivity contribution is 0.0734. The molecular formula is C32H30O6. The molecule has 0 aliphatic heterocycles. The fraction of sp³-hybridized carbons (Fsp3) is 0.188. The van der Waals surface area contributed by atoms with E-state index in [1.54, 1.807) is 73.8 Å². The van der Waals surface area contributed by atoms with Gasteiger partial charge in [-0.25, -0.2) is 4.79 Å². The summed E-state index contributed by atoms with van der Waals surface area (Å²) < 4.78 is 10.5. The normalized spacial score (nSPS) is 10.2. The molecule has 0 aliphatic rings. The van der Waals surface area contributed by atoms with Crippen molar-refractivity contribution in [3.05, 3.63) is 107 Å². The van der Waals surface area contributed by atoms with E-state index in [2.05, 4.69) is 0 Å². The van der Waals surface area contributed by atoms with Gasteiger partial charge in [-0.15, -0.1) is 0 Å². The van der Waals surface area contributed by atoms with Crippen molar-refractivity contribution in [1.29, 1.82) is 0 Å². The van der Waals surface area contributed by atoms with Crippen molar-refractivity contribution in [2.75, 3.05) is 7.11 Å². The van der Waals surface area contributed by atoms with Gasteiger partial charge < -0.3 is 9.47 Å². The molecule has 0 spiro atoms. The fourth-order valence-corrected chi connectivity index (χ4v) is 3.66. The molecule has 0 fully saturated rings. The molecule has 0 saturated carbocycles. The van der Waals surface area contributed by atoms with Crippen LogP contribution >= 0.6 is 0 Å². The summed E-state index contributed by atoms with van der Waals surface area (Å²) in [6.07, 6.45) is 1.42. The summed E-state index contributed by atoms with van der Waals surface area (Å²) in [6.45, 7) is 5.02. The Hall–Kier alpha value is -4.58. The SMILES string of the molecule is CCCC(=O)c1ccc(C(C)=O)cc1.COc1ccc(C(=O)Oc2ccc3cc(C(C)=O)ccc3c2)cc1. The van der Waals surface area contributed by atoms with Crippen LogP contribution in [0.4, 0.5) is 0 Å². The van der Waals surface area contributed by atoms with Crippen LogP contribution in [0.25, 0.3) is 10.8 Å². The van der Waals surface area contributed by atoms with E-state index in [4.69, 9.17) is 9.47 Å². The average molecular weight is 511 g/mol. The van der Waals surface area contributed by atoms with Crippen molar-refractivity contribution < 1.29 is 28.7 Å². The summed E-state index contributed by atoms with van der Waals surface area (Å²) >= 11 is 0. The van der Waals surface area contributed by atoms with E-state index >= 15 is 0 Å². The summed E-state index contributed by atoms with van der Waals surface area (Å²) in [4.78, 5) is 46.0. The highest BCUT2D eigenvalue weighted by Gasteiger charge is 2.10. The smallest absolute Gasteiger partial charge is 0.343 e. The van der Waals surface area contributed by atoms with Crippen molar-refractivity contribution >= 4 is 34.1 Å². The largest absolute Gasteiger partial charge is 0.497 e. The maximum atomic E-state index is 12.2. The number of hydrogen-bond acceptors (Lipinski definition) is 6. The molecular weight excluding hydrogens is 480 g/mol. The monoisotopic (exact) mass is 510 g/mol. The van der Waals surface area contributed by atoms with E-state index in [1.807, 2.05) is 25.1 Å². The number of carbonyl (C=O) groups is 4. The van der Waals surface area contributed by atoms with Gasteiger partial charge in [0.15, 0.2) is 17.3 Å². The summed E-state index contributed by atoms with van der Waals surface area (Å²) in [5.74, 6) is 0.892. The average Bonchev–Trinajstić information content (AvgIpc) is 2.93. The van der Waals surface area contributed by atoms with Crippen molar-refractivity contribution in [2.24, 2.45) is 0 Å². The Labute approximate surface area is 222 Å². The molecule has 6 heteroatoms. The van der Waals surface area contributed by atoms with Gasteiger partial charge in [0.05, 0.1) is 12.7 Å². The van der Waals surface area contributed by atoms with E-state index in [9.17, 15) is 19.2 Å². The standard InChI is InChI=1S/C20H16O4.C12H14O2/c1-13(21)15-3-4-17-12-19(10-7-16(17)11-15)24-20(22)14-5-8-18(23-2)9-6-14;1-3-4-12(14)11-7-5-10(6-8-11)9(2)13/h3-12H,1-2H3;5-8H,3-4H2,1-2H3. The second-order valence-corrected chi connectivity index (χ2v) is 8.70. The van der Waals surface area contributed by atoms with Crippen LogP contribution in [-0.2, 0) is 0 Å². The molecule has 6 nitrogen and oxygen atoms in total. The quantitative estimate of drug-likeness (QED) is 0.142. The Morgan fingerprint density at radius 3 is 1.68 bits per heavy atom. The molecule has 0 saturated heterocycles. The number of ether oxygens (including phenoxy) is 2. The molecule has 194 valence electrons. The van der Waals surface area contributed by atoms with Gasteiger partial charge in [-0.2, -0.15) is 0 Å². The third-order valence-corrected chi connectivity index (χ3v) is 5.84. The molecule has 0 unspecified atom stereocenters. The minimum atomic E-state index is -0.433. The molecule has 0 aliphatic carbocycles. The van der Waals surface area contributed by atoms with Gasteiger partial charge in [-0.1, -0.05) is 49.4 Å². The predicted molar refractivity (Wildman–Crippen MR) is 148 cm³/mol. The zero-order valence-corrected chi connectivity index (χ0v) is 21.9. The summed E-state index contributed by atoms with van der Waals surface area (Å²) in [6, 6.07) is 24.3. The molecule has 0 radical (unpaired) electrons. The molecule has 38 heavy (non-hydrogen) atoms. The van der Waals surface area contributed by atoms with Crippen LogP contribution in [0.2, 0.25) is 0 Å². The summed E-state index contributed by atoms with van der Waals surface area (Å²) in [5, 5.41) is 1.83. The molecule has 0 N–H and O–H groups in total. The van der Waals surface area contributed by atoms with Gasteiger partial charge in [-0.05, 0) is 73.5 Å². The van der Waals surface area contributed by atoms with Gasteiger partial charge in [0.1, 0.15) is 11.5 Å². The van der Waals surface area contributed by atoms with Gasteiger partial charge in [0.25, 0.3) is 0 Å². The van der Waals surface area contributed by atoms with Gasteiger partial charge >= 0.3 is 5.97 Å². The maximum absolute atomic E-state index is 12.2. The number of fused-ring (bicyclic) bond motifs is 1. The minimum Gasteiger partial charge on any atom is -0.497 e. The number of ketones is 3. The van der Waals surface area contributed by atoms with Crippen molar-refractivity contribution in [3.8, 4) is 11.5 Å². The van der Waals surface area contributed by atoms with Crippen LogP contribution in [-0.4, -0.2) is 30.4 Å². The Balaban J connectivity index is 0.000000244. The number of methoxy groups -OCH3 is 1. The molecule has 4 aromatic carbocycles. The highest BCUT2D eigenvalue weighted by Crippen LogP contribution is 2.23. The molecule has 0 aromatic heterocycles. The Morgan fingerprint density at radius 1 is 0.605 bits per heavy atom. The molecule has 0 atom stereocenters. The Bertz CT molecular complexity index is 1450. The number of Topliss-reactive ketones (excluding diaryl/α,β-unsaturated/α-hetero) is 3. The van der Waals surface area contributed by atoms with E-state index in [1.165, 1.54) is 13.8 Å². The van der Waals surface area contributed by atoms with Crippen LogP contribution in [0.15, 0.2) is 84.9 Å². The van der Waals surface area contributed by atoms with E-state index in [0.717, 1.165) is 17.2 Å². The topological polar surface area (TPSA) is 86.7 Å². The highest BCUT2D eigenvalue weighted by molar-refractivity contribution is 5.99. The van der Waals surface area contributed by atoms with E-state index in [0.29, 0.717) is 40.2 Å². The first-order chi connectivity index (χ1) is 18.2. The number of rotatable bonds is 8. The fourth-order valence-electron chi connectivity index (χ4n) is 3.66. The van der Waals surface area contributed by atoms with E-state index in [-0.39, 0.29) is 17.3 Å². The van der Waals surface area contributed by atoms with Crippen LogP contribution in [0, 0.1) is 0 Å². The zero-order chi connectivity index (χ0) is 27.7. The number of carbonyl (C=O) groups excluding carboxylic acids is 4. The first kappa shape index (κ1) is 28.0. The second-order valence-electron chi connectivity index (χ2n) is 8.70. The van der Waals surface area contributed by atoms with Crippen LogP contribution < -0.4 is 9.47 Å². The van der Waals surface area contributed by atoms with Crippen LogP contribution in [0.3, 0.4) is 0 Å². The minimum absolute atomic E-state index is 0.0203. The van der Waals surface area contributed by atoms with Gasteiger partial charge in [-0.3, -0.25) is 14.4 Å². The third kappa shape index (κ3) is 7.46. The first-order valence-electron chi connectivity index (χ1n) is 12.3. The van der Waals surface area contributed by atoms with Crippen LogP contribution in [0.1, 0.15) is 75.0 Å². The molecule has 4 aromatic rings. The van der Waals surface area contributed by atoms with Crippen molar-refractivity contribution in [2.45, 2.75) is 33.6 Å². The van der Waals surface area contributed by atoms with E-state index < -0.39 is 5.97 Å². The Morgan fingerprint density at radius 2 is 1.11 bits per heavy atom. The lowest BCUT2D eigenvalue weighted by atomic mass is 10.0. The zero-order valence-electron chi connectivity index (χ0n) is 21.9. The number of benzene rings is 4. The molecule has 4 rings (SSSR count).